The van der Waals surface area contributed by atoms with Crippen molar-refractivity contribution in [1.29, 1.82) is 0 Å². The quantitative estimate of drug-likeness (QED) is 0.892. The number of ether oxygens (including phenoxy) is 1. The van der Waals surface area contributed by atoms with E-state index in [1.165, 1.54) is 0 Å². The lowest BCUT2D eigenvalue weighted by atomic mass is 10.0. The van der Waals surface area contributed by atoms with Gasteiger partial charge in [0.1, 0.15) is 11.6 Å². The molecule has 0 aliphatic heterocycles. The summed E-state index contributed by atoms with van der Waals surface area (Å²) in [6, 6.07) is 3.92. The van der Waals surface area contributed by atoms with Gasteiger partial charge in [-0.2, -0.15) is 5.10 Å². The Kier molecular flexibility index (Phi) is 3.34. The predicted octanol–water partition coefficient (Wildman–Crippen LogP) is 1.57. The van der Waals surface area contributed by atoms with Crippen LogP contribution >= 0.6 is 0 Å². The van der Waals surface area contributed by atoms with Crippen molar-refractivity contribution in [1.82, 2.24) is 14.8 Å². The molecule has 0 saturated heterocycles. The lowest BCUT2D eigenvalue weighted by molar-refractivity contribution is 0.411. The SMILES string of the molecule is COc1ccc(-c2nc(CN)n(C)n2)c(C)c1C. The molecule has 18 heavy (non-hydrogen) atoms. The van der Waals surface area contributed by atoms with Crippen LogP contribution in [0.3, 0.4) is 0 Å². The van der Waals surface area contributed by atoms with Crippen molar-refractivity contribution < 1.29 is 4.74 Å². The number of methoxy groups -OCH3 is 1. The van der Waals surface area contributed by atoms with E-state index in [0.29, 0.717) is 12.4 Å². The van der Waals surface area contributed by atoms with Crippen LogP contribution in [0.1, 0.15) is 17.0 Å². The molecule has 0 aliphatic carbocycles. The zero-order valence-corrected chi connectivity index (χ0v) is 11.2. The number of nitrogens with two attached hydrogens (primary N) is 1. The van der Waals surface area contributed by atoms with Crippen molar-refractivity contribution in [2.45, 2.75) is 20.4 Å². The summed E-state index contributed by atoms with van der Waals surface area (Å²) in [7, 11) is 3.53. The molecule has 0 unspecified atom stereocenters. The van der Waals surface area contributed by atoms with Crippen LogP contribution in [-0.4, -0.2) is 21.9 Å². The van der Waals surface area contributed by atoms with Crippen LogP contribution in [0.25, 0.3) is 11.4 Å². The van der Waals surface area contributed by atoms with Crippen molar-refractivity contribution in [3.05, 3.63) is 29.1 Å². The van der Waals surface area contributed by atoms with Crippen LogP contribution in [-0.2, 0) is 13.6 Å². The summed E-state index contributed by atoms with van der Waals surface area (Å²) in [5, 5.41) is 4.39. The van der Waals surface area contributed by atoms with E-state index in [4.69, 9.17) is 10.5 Å². The molecule has 1 heterocycles. The Labute approximate surface area is 107 Å². The molecule has 1 aromatic heterocycles. The standard InChI is InChI=1S/C13H18N4O/c1-8-9(2)11(18-4)6-5-10(8)13-15-12(7-14)17(3)16-13/h5-6H,7,14H2,1-4H3. The topological polar surface area (TPSA) is 66.0 Å². The maximum absolute atomic E-state index is 5.61. The highest BCUT2D eigenvalue weighted by molar-refractivity contribution is 5.64. The molecular weight excluding hydrogens is 228 g/mol. The Balaban J connectivity index is 2.54. The van der Waals surface area contributed by atoms with E-state index >= 15 is 0 Å². The Bertz CT molecular complexity index is 575. The van der Waals surface area contributed by atoms with Crippen molar-refractivity contribution in [2.75, 3.05) is 7.11 Å². The van der Waals surface area contributed by atoms with E-state index in [-0.39, 0.29) is 0 Å². The van der Waals surface area contributed by atoms with Crippen molar-refractivity contribution in [3.8, 4) is 17.1 Å². The summed E-state index contributed by atoms with van der Waals surface area (Å²) < 4.78 is 7.02. The minimum absolute atomic E-state index is 0.387. The molecule has 0 aliphatic rings. The maximum Gasteiger partial charge on any atom is 0.181 e. The van der Waals surface area contributed by atoms with Gasteiger partial charge in [0, 0.05) is 12.6 Å². The van der Waals surface area contributed by atoms with Crippen LogP contribution in [0, 0.1) is 13.8 Å². The molecule has 2 rings (SSSR count). The molecule has 0 fully saturated rings. The minimum Gasteiger partial charge on any atom is -0.496 e. The van der Waals surface area contributed by atoms with Gasteiger partial charge in [-0.1, -0.05) is 0 Å². The van der Waals surface area contributed by atoms with Crippen molar-refractivity contribution >= 4 is 0 Å². The van der Waals surface area contributed by atoms with E-state index in [9.17, 15) is 0 Å². The monoisotopic (exact) mass is 246 g/mol. The number of hydrogen-bond acceptors (Lipinski definition) is 4. The average molecular weight is 246 g/mol. The first kappa shape index (κ1) is 12.6. The molecule has 0 radical (unpaired) electrons. The van der Waals surface area contributed by atoms with Crippen LogP contribution < -0.4 is 10.5 Å². The highest BCUT2D eigenvalue weighted by Gasteiger charge is 2.13. The highest BCUT2D eigenvalue weighted by atomic mass is 16.5. The first-order valence-corrected chi connectivity index (χ1v) is 5.83. The second-order valence-corrected chi connectivity index (χ2v) is 4.24. The van der Waals surface area contributed by atoms with E-state index in [0.717, 1.165) is 28.3 Å². The molecule has 2 N–H and O–H groups in total. The summed E-state index contributed by atoms with van der Waals surface area (Å²) in [6.07, 6.45) is 0. The Morgan fingerprint density at radius 2 is 2.00 bits per heavy atom. The van der Waals surface area contributed by atoms with Crippen molar-refractivity contribution in [2.24, 2.45) is 12.8 Å². The molecule has 0 bridgehead atoms. The second-order valence-electron chi connectivity index (χ2n) is 4.24. The van der Waals surface area contributed by atoms with Gasteiger partial charge in [-0.25, -0.2) is 4.98 Å². The zero-order chi connectivity index (χ0) is 13.3. The lowest BCUT2D eigenvalue weighted by Crippen LogP contribution is -2.05. The fourth-order valence-electron chi connectivity index (χ4n) is 1.97. The third kappa shape index (κ3) is 1.97. The summed E-state index contributed by atoms with van der Waals surface area (Å²) >= 11 is 0. The molecule has 0 saturated carbocycles. The predicted molar refractivity (Wildman–Crippen MR) is 70.4 cm³/mol. The first-order valence-electron chi connectivity index (χ1n) is 5.83. The Morgan fingerprint density at radius 3 is 2.56 bits per heavy atom. The number of rotatable bonds is 3. The molecular formula is C13H18N4O. The normalized spacial score (nSPS) is 10.7. The lowest BCUT2D eigenvalue weighted by Gasteiger charge is -2.10. The smallest absolute Gasteiger partial charge is 0.181 e. The summed E-state index contributed by atoms with van der Waals surface area (Å²) in [6.45, 7) is 4.47. The van der Waals surface area contributed by atoms with Gasteiger partial charge in [0.05, 0.1) is 13.7 Å². The summed E-state index contributed by atoms with van der Waals surface area (Å²) in [5.74, 6) is 2.37. The summed E-state index contributed by atoms with van der Waals surface area (Å²) in [5.41, 5.74) is 8.87. The Hall–Kier alpha value is -1.88. The molecule has 1 aromatic carbocycles. The van der Waals surface area contributed by atoms with Gasteiger partial charge in [-0.15, -0.1) is 0 Å². The number of hydrogen-bond donors (Lipinski definition) is 1. The van der Waals surface area contributed by atoms with Crippen LogP contribution in [0.4, 0.5) is 0 Å². The minimum atomic E-state index is 0.387. The van der Waals surface area contributed by atoms with Gasteiger partial charge in [-0.3, -0.25) is 4.68 Å². The third-order valence-corrected chi connectivity index (χ3v) is 3.23. The van der Waals surface area contributed by atoms with Gasteiger partial charge in [-0.05, 0) is 37.1 Å². The largest absolute Gasteiger partial charge is 0.496 e. The summed E-state index contributed by atoms with van der Waals surface area (Å²) in [4.78, 5) is 4.44. The molecule has 0 atom stereocenters. The fraction of sp³-hybridized carbons (Fsp3) is 0.385. The van der Waals surface area contributed by atoms with E-state index < -0.39 is 0 Å². The second kappa shape index (κ2) is 4.78. The van der Waals surface area contributed by atoms with Gasteiger partial charge >= 0.3 is 0 Å². The molecule has 0 spiro atoms. The average Bonchev–Trinajstić information content (AvgIpc) is 2.73. The van der Waals surface area contributed by atoms with E-state index in [1.54, 1.807) is 11.8 Å². The van der Waals surface area contributed by atoms with Crippen LogP contribution in [0.5, 0.6) is 5.75 Å². The fourth-order valence-corrected chi connectivity index (χ4v) is 1.97. The third-order valence-electron chi connectivity index (χ3n) is 3.23. The Morgan fingerprint density at radius 1 is 1.28 bits per heavy atom. The van der Waals surface area contributed by atoms with Gasteiger partial charge in [0.15, 0.2) is 5.82 Å². The molecule has 2 aromatic rings. The number of aromatic nitrogens is 3. The van der Waals surface area contributed by atoms with Gasteiger partial charge in [0.25, 0.3) is 0 Å². The van der Waals surface area contributed by atoms with Gasteiger partial charge < -0.3 is 10.5 Å². The van der Waals surface area contributed by atoms with Crippen LogP contribution in [0.15, 0.2) is 12.1 Å². The number of benzene rings is 1. The highest BCUT2D eigenvalue weighted by Crippen LogP contribution is 2.29. The van der Waals surface area contributed by atoms with Crippen molar-refractivity contribution in [3.63, 3.8) is 0 Å². The van der Waals surface area contributed by atoms with E-state index in [1.807, 2.05) is 33.0 Å². The molecule has 5 nitrogen and oxygen atoms in total. The maximum atomic E-state index is 5.61. The molecule has 5 heteroatoms. The zero-order valence-electron chi connectivity index (χ0n) is 11.2. The molecule has 0 amide bonds. The first-order chi connectivity index (χ1) is 8.58. The van der Waals surface area contributed by atoms with E-state index in [2.05, 4.69) is 10.1 Å². The molecule has 96 valence electrons. The van der Waals surface area contributed by atoms with Gasteiger partial charge in [0.2, 0.25) is 0 Å². The number of nitrogens with zero attached hydrogens (tertiary/aromatic N) is 3. The number of aryl methyl sites for hydroxylation is 1. The van der Waals surface area contributed by atoms with Crippen LogP contribution in [0.2, 0.25) is 0 Å².